The highest BCUT2D eigenvalue weighted by molar-refractivity contribution is 6.05. The van der Waals surface area contributed by atoms with E-state index in [2.05, 4.69) is 11.1 Å². The van der Waals surface area contributed by atoms with Gasteiger partial charge in [0.05, 0.1) is 11.5 Å². The lowest BCUT2D eigenvalue weighted by atomic mass is 9.82. The Morgan fingerprint density at radius 1 is 1.29 bits per heavy atom. The number of pyridine rings is 1. The number of amides is 1. The molecule has 0 N–H and O–H groups in total. The number of rotatable bonds is 1. The maximum absolute atomic E-state index is 12.7. The highest BCUT2D eigenvalue weighted by atomic mass is 16.2. The van der Waals surface area contributed by atoms with E-state index in [4.69, 9.17) is 5.26 Å². The lowest BCUT2D eigenvalue weighted by molar-refractivity contribution is 0.0658. The number of hydrogen-bond acceptors (Lipinski definition) is 3. The van der Waals surface area contributed by atoms with Gasteiger partial charge in [-0.05, 0) is 31.2 Å². The quantitative estimate of drug-likeness (QED) is 0.806. The summed E-state index contributed by atoms with van der Waals surface area (Å²) in [6, 6.07) is 12.1. The molecule has 2 heterocycles. The minimum absolute atomic E-state index is 0.0354. The van der Waals surface area contributed by atoms with Crippen molar-refractivity contribution in [2.45, 2.75) is 19.8 Å². The predicted molar refractivity (Wildman–Crippen MR) is 80.6 cm³/mol. The van der Waals surface area contributed by atoms with Gasteiger partial charge in [0.25, 0.3) is 5.91 Å². The lowest BCUT2D eigenvalue weighted by Gasteiger charge is -2.34. The average Bonchev–Trinajstić information content (AvgIpc) is 2.54. The molecule has 4 heteroatoms. The molecule has 2 aromatic rings. The van der Waals surface area contributed by atoms with E-state index in [0.717, 1.165) is 23.6 Å². The van der Waals surface area contributed by atoms with Gasteiger partial charge in [-0.15, -0.1) is 0 Å². The van der Waals surface area contributed by atoms with Gasteiger partial charge in [0.15, 0.2) is 0 Å². The smallest absolute Gasteiger partial charge is 0.273 e. The van der Waals surface area contributed by atoms with Crippen LogP contribution in [0.2, 0.25) is 0 Å². The van der Waals surface area contributed by atoms with Crippen molar-refractivity contribution in [3.8, 4) is 6.07 Å². The maximum atomic E-state index is 12.7. The van der Waals surface area contributed by atoms with E-state index in [1.54, 1.807) is 6.20 Å². The molecule has 4 nitrogen and oxygen atoms in total. The van der Waals surface area contributed by atoms with Gasteiger partial charge < -0.3 is 4.90 Å². The van der Waals surface area contributed by atoms with Crippen LogP contribution in [0.5, 0.6) is 0 Å². The Hall–Kier alpha value is -2.41. The summed E-state index contributed by atoms with van der Waals surface area (Å²) in [6.07, 6.45) is 3.12. The van der Waals surface area contributed by atoms with Crippen LogP contribution in [0.3, 0.4) is 0 Å². The van der Waals surface area contributed by atoms with Gasteiger partial charge in [-0.25, -0.2) is 0 Å². The Kier molecular flexibility index (Phi) is 3.34. The van der Waals surface area contributed by atoms with E-state index >= 15 is 0 Å². The molecule has 0 unspecified atom stereocenters. The van der Waals surface area contributed by atoms with E-state index in [0.29, 0.717) is 18.8 Å². The molecule has 1 aliphatic heterocycles. The van der Waals surface area contributed by atoms with E-state index in [9.17, 15) is 4.79 Å². The van der Waals surface area contributed by atoms with Gasteiger partial charge in [-0.2, -0.15) is 5.26 Å². The van der Waals surface area contributed by atoms with Gasteiger partial charge >= 0.3 is 0 Å². The number of likely N-dealkylation sites (tertiary alicyclic amines) is 1. The molecular weight excluding hydrogens is 262 g/mol. The molecule has 1 aromatic carbocycles. The molecule has 1 saturated heterocycles. The molecule has 106 valence electrons. The first-order chi connectivity index (χ1) is 10.1. The molecule has 0 atom stereocenters. The number of aromatic nitrogens is 1. The van der Waals surface area contributed by atoms with Crippen molar-refractivity contribution < 1.29 is 4.79 Å². The number of nitrogens with zero attached hydrogens (tertiary/aromatic N) is 3. The molecule has 0 saturated carbocycles. The van der Waals surface area contributed by atoms with Crippen LogP contribution in [0, 0.1) is 16.7 Å². The zero-order chi connectivity index (χ0) is 14.9. The number of nitriles is 1. The fourth-order valence-corrected chi connectivity index (χ4v) is 2.75. The first-order valence-electron chi connectivity index (χ1n) is 7.17. The zero-order valence-corrected chi connectivity index (χ0v) is 12.0. The van der Waals surface area contributed by atoms with Gasteiger partial charge in [-0.1, -0.05) is 24.3 Å². The molecule has 1 aliphatic rings. The van der Waals surface area contributed by atoms with Crippen molar-refractivity contribution >= 4 is 16.7 Å². The Morgan fingerprint density at radius 3 is 2.71 bits per heavy atom. The van der Waals surface area contributed by atoms with Crippen LogP contribution in [0.15, 0.2) is 36.5 Å². The van der Waals surface area contributed by atoms with Crippen LogP contribution < -0.4 is 0 Å². The summed E-state index contributed by atoms with van der Waals surface area (Å²) < 4.78 is 0. The van der Waals surface area contributed by atoms with Crippen LogP contribution >= 0.6 is 0 Å². The van der Waals surface area contributed by atoms with E-state index in [1.165, 1.54) is 0 Å². The number of piperidine rings is 1. The average molecular weight is 279 g/mol. The number of benzene rings is 1. The minimum Gasteiger partial charge on any atom is -0.337 e. The minimum atomic E-state index is -0.303. The highest BCUT2D eigenvalue weighted by Gasteiger charge is 2.32. The SMILES string of the molecule is CC1(C#N)CCN(C(=O)c2nccc3ccccc23)CC1. The summed E-state index contributed by atoms with van der Waals surface area (Å²) in [6.45, 7) is 3.20. The number of fused-ring (bicyclic) bond motifs is 1. The van der Waals surface area contributed by atoms with Crippen molar-refractivity contribution in [3.63, 3.8) is 0 Å². The van der Waals surface area contributed by atoms with E-state index < -0.39 is 0 Å². The van der Waals surface area contributed by atoms with Gasteiger partial charge in [0.2, 0.25) is 0 Å². The second-order valence-electron chi connectivity index (χ2n) is 5.85. The van der Waals surface area contributed by atoms with Crippen molar-refractivity contribution in [2.75, 3.05) is 13.1 Å². The largest absolute Gasteiger partial charge is 0.337 e. The Bertz CT molecular complexity index is 719. The molecule has 1 fully saturated rings. The Labute approximate surface area is 124 Å². The molecule has 0 aliphatic carbocycles. The standard InChI is InChI=1S/C17H17N3O/c1-17(12-18)7-10-20(11-8-17)16(21)15-14-5-3-2-4-13(14)6-9-19-15/h2-6,9H,7-8,10-11H2,1H3. The molecule has 0 spiro atoms. The first kappa shape index (κ1) is 13.6. The summed E-state index contributed by atoms with van der Waals surface area (Å²) in [5.41, 5.74) is 0.205. The van der Waals surface area contributed by atoms with Crippen molar-refractivity contribution in [2.24, 2.45) is 5.41 Å². The molecular formula is C17H17N3O. The molecule has 21 heavy (non-hydrogen) atoms. The van der Waals surface area contributed by atoms with Crippen LogP contribution in [0.1, 0.15) is 30.3 Å². The van der Waals surface area contributed by atoms with E-state index in [1.807, 2.05) is 42.2 Å². The molecule has 1 amide bonds. The third kappa shape index (κ3) is 2.47. The molecule has 1 aromatic heterocycles. The van der Waals surface area contributed by atoms with Gasteiger partial charge in [0, 0.05) is 24.7 Å². The summed E-state index contributed by atoms with van der Waals surface area (Å²) in [5.74, 6) is -0.0354. The monoisotopic (exact) mass is 279 g/mol. The fourth-order valence-electron chi connectivity index (χ4n) is 2.75. The van der Waals surface area contributed by atoms with E-state index in [-0.39, 0.29) is 11.3 Å². The lowest BCUT2D eigenvalue weighted by Crippen LogP contribution is -2.42. The molecule has 3 rings (SSSR count). The number of carbonyl (C=O) groups is 1. The maximum Gasteiger partial charge on any atom is 0.273 e. The Balaban J connectivity index is 1.87. The molecule has 0 bridgehead atoms. The normalized spacial score (nSPS) is 17.4. The Morgan fingerprint density at radius 2 is 2.00 bits per heavy atom. The number of carbonyl (C=O) groups excluding carboxylic acids is 1. The predicted octanol–water partition coefficient (Wildman–Crippen LogP) is 3.00. The summed E-state index contributed by atoms with van der Waals surface area (Å²) in [5, 5.41) is 11.1. The van der Waals surface area contributed by atoms with Crippen molar-refractivity contribution in [1.82, 2.24) is 9.88 Å². The number of hydrogen-bond donors (Lipinski definition) is 0. The summed E-state index contributed by atoms with van der Waals surface area (Å²) in [4.78, 5) is 18.8. The topological polar surface area (TPSA) is 57.0 Å². The zero-order valence-electron chi connectivity index (χ0n) is 12.0. The summed E-state index contributed by atoms with van der Waals surface area (Å²) in [7, 11) is 0. The molecule has 0 radical (unpaired) electrons. The van der Waals surface area contributed by atoms with Crippen molar-refractivity contribution in [1.29, 1.82) is 5.26 Å². The third-order valence-electron chi connectivity index (χ3n) is 4.30. The van der Waals surface area contributed by atoms with Crippen LogP contribution in [0.4, 0.5) is 0 Å². The highest BCUT2D eigenvalue weighted by Crippen LogP contribution is 2.30. The third-order valence-corrected chi connectivity index (χ3v) is 4.30. The van der Waals surface area contributed by atoms with Crippen LogP contribution in [-0.2, 0) is 0 Å². The second kappa shape index (κ2) is 5.17. The summed E-state index contributed by atoms with van der Waals surface area (Å²) >= 11 is 0. The van der Waals surface area contributed by atoms with Crippen LogP contribution in [0.25, 0.3) is 10.8 Å². The van der Waals surface area contributed by atoms with Crippen LogP contribution in [-0.4, -0.2) is 28.9 Å². The first-order valence-corrected chi connectivity index (χ1v) is 7.17. The van der Waals surface area contributed by atoms with Crippen molar-refractivity contribution in [3.05, 3.63) is 42.2 Å². The second-order valence-corrected chi connectivity index (χ2v) is 5.85. The van der Waals surface area contributed by atoms with Gasteiger partial charge in [0.1, 0.15) is 5.69 Å². The van der Waals surface area contributed by atoms with Gasteiger partial charge in [-0.3, -0.25) is 9.78 Å². The fraction of sp³-hybridized carbons (Fsp3) is 0.353.